The van der Waals surface area contributed by atoms with Crippen LogP contribution >= 0.6 is 0 Å². The normalized spacial score (nSPS) is 13.4. The number of rotatable bonds is 7. The Balaban J connectivity index is 3.34. The van der Waals surface area contributed by atoms with Gasteiger partial charge in [-0.3, -0.25) is 0 Å². The van der Waals surface area contributed by atoms with E-state index in [2.05, 4.69) is 0 Å². The third-order valence-corrected chi connectivity index (χ3v) is 1.71. The molecule has 0 saturated heterocycles. The van der Waals surface area contributed by atoms with Crippen molar-refractivity contribution in [2.45, 2.75) is 19.3 Å². The maximum atomic E-state index is 8.64. The van der Waals surface area contributed by atoms with Gasteiger partial charge in [-0.2, -0.15) is 0 Å². The third-order valence-electron chi connectivity index (χ3n) is 1.71. The van der Waals surface area contributed by atoms with Crippen molar-refractivity contribution >= 4 is 0 Å². The summed E-state index contributed by atoms with van der Waals surface area (Å²) in [6.07, 6.45) is 2.51. The molecule has 0 fully saturated rings. The van der Waals surface area contributed by atoms with Gasteiger partial charge in [-0.25, -0.2) is 0 Å². The molecule has 68 valence electrons. The van der Waals surface area contributed by atoms with E-state index < -0.39 is 0 Å². The van der Waals surface area contributed by atoms with Gasteiger partial charge in [0.2, 0.25) is 0 Å². The Labute approximate surface area is 68.0 Å². The van der Waals surface area contributed by atoms with Gasteiger partial charge in [0.1, 0.15) is 0 Å². The molecule has 0 rings (SSSR count). The highest BCUT2D eigenvalue weighted by atomic mass is 16.5. The first-order valence-electron chi connectivity index (χ1n) is 4.05. The number of hydrogen-bond donors (Lipinski definition) is 2. The van der Waals surface area contributed by atoms with Crippen molar-refractivity contribution in [2.75, 3.05) is 26.9 Å². The molecule has 0 bridgehead atoms. The van der Waals surface area contributed by atoms with Crippen LogP contribution in [0.2, 0.25) is 0 Å². The highest BCUT2D eigenvalue weighted by Crippen LogP contribution is 2.10. The van der Waals surface area contributed by atoms with Gasteiger partial charge in [0.05, 0.1) is 0 Å². The Kier molecular flexibility index (Phi) is 7.89. The van der Waals surface area contributed by atoms with E-state index in [-0.39, 0.29) is 13.2 Å². The van der Waals surface area contributed by atoms with E-state index in [9.17, 15) is 0 Å². The molecule has 3 nitrogen and oxygen atoms in total. The topological polar surface area (TPSA) is 49.7 Å². The van der Waals surface area contributed by atoms with Gasteiger partial charge in [0, 0.05) is 26.9 Å². The van der Waals surface area contributed by atoms with Crippen LogP contribution in [0, 0.1) is 5.92 Å². The second kappa shape index (κ2) is 7.98. The molecule has 0 aliphatic carbocycles. The van der Waals surface area contributed by atoms with Crippen LogP contribution in [0.1, 0.15) is 19.3 Å². The van der Waals surface area contributed by atoms with E-state index in [1.165, 1.54) is 0 Å². The fourth-order valence-corrected chi connectivity index (χ4v) is 1.11. The fraction of sp³-hybridized carbons (Fsp3) is 1.00. The maximum absolute atomic E-state index is 8.64. The predicted molar refractivity (Wildman–Crippen MR) is 43.4 cm³/mol. The van der Waals surface area contributed by atoms with Gasteiger partial charge in [0.15, 0.2) is 0 Å². The fourth-order valence-electron chi connectivity index (χ4n) is 1.11. The summed E-state index contributed by atoms with van der Waals surface area (Å²) < 4.78 is 4.96. The highest BCUT2D eigenvalue weighted by molar-refractivity contribution is 4.57. The van der Waals surface area contributed by atoms with Crippen LogP contribution in [-0.4, -0.2) is 37.1 Å². The third kappa shape index (κ3) is 6.28. The molecule has 3 heteroatoms. The van der Waals surface area contributed by atoms with Gasteiger partial charge in [-0.15, -0.1) is 0 Å². The van der Waals surface area contributed by atoms with E-state index in [1.807, 2.05) is 0 Å². The van der Waals surface area contributed by atoms with Crippen LogP contribution in [0.25, 0.3) is 0 Å². The second-order valence-electron chi connectivity index (χ2n) is 2.70. The Bertz CT molecular complexity index is 69.7. The van der Waals surface area contributed by atoms with Crippen LogP contribution in [0.5, 0.6) is 0 Å². The van der Waals surface area contributed by atoms with Crippen LogP contribution < -0.4 is 0 Å². The lowest BCUT2D eigenvalue weighted by atomic mass is 10.0. The molecule has 0 aromatic carbocycles. The number of aliphatic hydroxyl groups is 2. The van der Waals surface area contributed by atoms with Gasteiger partial charge in [0.25, 0.3) is 0 Å². The SMILES string of the molecule is COCC(CCO)CCCO. The molecular weight excluding hydrogens is 144 g/mol. The summed E-state index contributed by atoms with van der Waals surface area (Å²) in [6.45, 7) is 1.12. The summed E-state index contributed by atoms with van der Waals surface area (Å²) in [5.74, 6) is 0.400. The summed E-state index contributed by atoms with van der Waals surface area (Å²) in [7, 11) is 1.66. The van der Waals surface area contributed by atoms with Crippen LogP contribution in [0.4, 0.5) is 0 Å². The zero-order valence-electron chi connectivity index (χ0n) is 7.12. The Morgan fingerprint density at radius 2 is 1.91 bits per heavy atom. The van der Waals surface area contributed by atoms with E-state index in [0.717, 1.165) is 19.3 Å². The van der Waals surface area contributed by atoms with Gasteiger partial charge in [-0.05, 0) is 25.2 Å². The van der Waals surface area contributed by atoms with E-state index in [1.54, 1.807) is 7.11 Å². The summed E-state index contributed by atoms with van der Waals surface area (Å²) >= 11 is 0. The first-order chi connectivity index (χ1) is 5.35. The number of ether oxygens (including phenoxy) is 1. The molecule has 0 aromatic heterocycles. The maximum Gasteiger partial charge on any atom is 0.0491 e. The molecule has 0 radical (unpaired) electrons. The lowest BCUT2D eigenvalue weighted by Crippen LogP contribution is -2.10. The molecule has 1 atom stereocenters. The smallest absolute Gasteiger partial charge is 0.0491 e. The lowest BCUT2D eigenvalue weighted by molar-refractivity contribution is 0.122. The van der Waals surface area contributed by atoms with Crippen molar-refractivity contribution in [2.24, 2.45) is 5.92 Å². The van der Waals surface area contributed by atoms with Crippen molar-refractivity contribution in [3.05, 3.63) is 0 Å². The molecule has 0 aliphatic heterocycles. The van der Waals surface area contributed by atoms with Gasteiger partial charge >= 0.3 is 0 Å². The van der Waals surface area contributed by atoms with Gasteiger partial charge in [-0.1, -0.05) is 0 Å². The second-order valence-corrected chi connectivity index (χ2v) is 2.70. The van der Waals surface area contributed by atoms with Crippen molar-refractivity contribution in [3.8, 4) is 0 Å². The average molecular weight is 162 g/mol. The lowest BCUT2D eigenvalue weighted by Gasteiger charge is -2.13. The van der Waals surface area contributed by atoms with Gasteiger partial charge < -0.3 is 14.9 Å². The molecule has 2 N–H and O–H groups in total. The summed E-state index contributed by atoms with van der Waals surface area (Å²) in [5, 5.41) is 17.2. The highest BCUT2D eigenvalue weighted by Gasteiger charge is 2.06. The van der Waals surface area contributed by atoms with Crippen molar-refractivity contribution < 1.29 is 14.9 Å². The van der Waals surface area contributed by atoms with Crippen molar-refractivity contribution in [3.63, 3.8) is 0 Å². The summed E-state index contributed by atoms with van der Waals surface area (Å²) in [6, 6.07) is 0. The Morgan fingerprint density at radius 3 is 2.36 bits per heavy atom. The molecular formula is C8H18O3. The minimum atomic E-state index is 0.208. The zero-order valence-corrected chi connectivity index (χ0v) is 7.12. The number of methoxy groups -OCH3 is 1. The first kappa shape index (κ1) is 10.9. The monoisotopic (exact) mass is 162 g/mol. The van der Waals surface area contributed by atoms with Crippen LogP contribution in [-0.2, 0) is 4.74 Å². The minimum absolute atomic E-state index is 0.208. The molecule has 1 unspecified atom stereocenters. The summed E-state index contributed by atoms with van der Waals surface area (Å²) in [5.41, 5.74) is 0. The standard InChI is InChI=1S/C8H18O3/c1-11-7-8(4-6-10)3-2-5-9/h8-10H,2-7H2,1H3. The summed E-state index contributed by atoms with van der Waals surface area (Å²) in [4.78, 5) is 0. The molecule has 0 spiro atoms. The molecule has 0 aromatic rings. The average Bonchev–Trinajstić information content (AvgIpc) is 2.01. The van der Waals surface area contributed by atoms with Crippen LogP contribution in [0.3, 0.4) is 0 Å². The number of hydrogen-bond acceptors (Lipinski definition) is 3. The Morgan fingerprint density at radius 1 is 1.18 bits per heavy atom. The molecule has 0 aliphatic rings. The van der Waals surface area contributed by atoms with E-state index in [4.69, 9.17) is 14.9 Å². The first-order valence-corrected chi connectivity index (χ1v) is 4.05. The zero-order chi connectivity index (χ0) is 8.53. The Hall–Kier alpha value is -0.120. The molecule has 0 amide bonds. The van der Waals surface area contributed by atoms with E-state index in [0.29, 0.717) is 12.5 Å². The predicted octanol–water partition coefficient (Wildman–Crippen LogP) is 0.404. The quantitative estimate of drug-likeness (QED) is 0.570. The van der Waals surface area contributed by atoms with Crippen molar-refractivity contribution in [1.82, 2.24) is 0 Å². The number of aliphatic hydroxyl groups excluding tert-OH is 2. The van der Waals surface area contributed by atoms with E-state index >= 15 is 0 Å². The largest absolute Gasteiger partial charge is 0.396 e. The van der Waals surface area contributed by atoms with Crippen LogP contribution in [0.15, 0.2) is 0 Å². The molecule has 0 saturated carbocycles. The molecule has 0 heterocycles. The molecule has 11 heavy (non-hydrogen) atoms. The van der Waals surface area contributed by atoms with Crippen molar-refractivity contribution in [1.29, 1.82) is 0 Å². The minimum Gasteiger partial charge on any atom is -0.396 e.